The van der Waals surface area contributed by atoms with E-state index >= 15 is 0 Å². The van der Waals surface area contributed by atoms with Crippen molar-refractivity contribution in [3.05, 3.63) is 49.1 Å². The summed E-state index contributed by atoms with van der Waals surface area (Å²) in [5.74, 6) is -2.31. The van der Waals surface area contributed by atoms with E-state index in [1.165, 1.54) is 19.3 Å². The molecule has 176 valence electrons. The Hall–Kier alpha value is -3.20. The summed E-state index contributed by atoms with van der Waals surface area (Å²) in [7, 11) is 1.26. The lowest BCUT2D eigenvalue weighted by Crippen LogP contribution is -2.04. The molecule has 31 heavy (non-hydrogen) atoms. The largest absolute Gasteiger partial charge is 0.478 e. The molecule has 2 N–H and O–H groups in total. The van der Waals surface area contributed by atoms with Crippen LogP contribution >= 0.6 is 0 Å². The molecule has 0 fully saturated rings. The number of carboxylic acid groups (broad SMARTS) is 1. The molecule has 0 radical (unpaired) electrons. The number of esters is 3. The summed E-state index contributed by atoms with van der Waals surface area (Å²) in [5.41, 5.74) is 0.523. The van der Waals surface area contributed by atoms with Crippen molar-refractivity contribution in [3.8, 4) is 0 Å². The lowest BCUT2D eigenvalue weighted by atomic mass is 10.1. The van der Waals surface area contributed by atoms with Crippen molar-refractivity contribution < 1.29 is 43.6 Å². The molecule has 0 aliphatic carbocycles. The first kappa shape index (κ1) is 32.5. The van der Waals surface area contributed by atoms with Crippen LogP contribution in [0.25, 0.3) is 0 Å². The summed E-state index contributed by atoms with van der Waals surface area (Å²) >= 11 is 0. The third-order valence-corrected chi connectivity index (χ3v) is 3.14. The number of allylic oxidation sites excluding steroid dienone is 1. The van der Waals surface area contributed by atoms with Crippen LogP contribution in [-0.4, -0.2) is 61.0 Å². The molecule has 0 heterocycles. The highest BCUT2D eigenvalue weighted by molar-refractivity contribution is 5.89. The molecule has 0 rings (SSSR count). The van der Waals surface area contributed by atoms with Crippen molar-refractivity contribution in [2.24, 2.45) is 0 Å². The maximum absolute atomic E-state index is 10.9. The number of ether oxygens (including phenoxy) is 3. The highest BCUT2D eigenvalue weighted by atomic mass is 16.5. The molecule has 9 nitrogen and oxygen atoms in total. The van der Waals surface area contributed by atoms with Crippen LogP contribution in [0.15, 0.2) is 49.1 Å². The topological polar surface area (TPSA) is 136 Å². The molecule has 0 aromatic carbocycles. The summed E-state index contributed by atoms with van der Waals surface area (Å²) in [6.07, 6.45) is 6.31. The van der Waals surface area contributed by atoms with Crippen LogP contribution in [0.5, 0.6) is 0 Å². The van der Waals surface area contributed by atoms with Crippen LogP contribution in [0.3, 0.4) is 0 Å². The fourth-order valence-electron chi connectivity index (χ4n) is 1.44. The van der Waals surface area contributed by atoms with Crippen LogP contribution in [0.4, 0.5) is 0 Å². The Balaban J connectivity index is -0.000000401. The smallest absolute Gasteiger partial charge is 0.333 e. The quantitative estimate of drug-likeness (QED) is 0.202. The van der Waals surface area contributed by atoms with Crippen molar-refractivity contribution in [3.63, 3.8) is 0 Å². The highest BCUT2D eigenvalue weighted by Gasteiger charge is 2.07. The molecule has 0 saturated carbocycles. The predicted molar refractivity (Wildman–Crippen MR) is 116 cm³/mol. The minimum absolute atomic E-state index is 0.0465. The Kier molecular flexibility index (Phi) is 24.2. The second-order valence-electron chi connectivity index (χ2n) is 5.51. The van der Waals surface area contributed by atoms with Gasteiger partial charge in [-0.05, 0) is 19.3 Å². The van der Waals surface area contributed by atoms with Crippen molar-refractivity contribution in [1.82, 2.24) is 0 Å². The van der Waals surface area contributed by atoms with Gasteiger partial charge in [0.1, 0.15) is 6.61 Å². The van der Waals surface area contributed by atoms with E-state index in [-0.39, 0.29) is 36.8 Å². The van der Waals surface area contributed by atoms with Gasteiger partial charge < -0.3 is 24.4 Å². The van der Waals surface area contributed by atoms with Crippen molar-refractivity contribution in [2.45, 2.75) is 39.5 Å². The minimum Gasteiger partial charge on any atom is -0.478 e. The molecule has 9 heteroatoms. The first-order valence-electron chi connectivity index (χ1n) is 9.52. The molecule has 0 aliphatic heterocycles. The monoisotopic (exact) mass is 442 g/mol. The summed E-state index contributed by atoms with van der Waals surface area (Å²) in [5, 5.41) is 16.8. The molecule has 0 bridgehead atoms. The van der Waals surface area contributed by atoms with Gasteiger partial charge in [0.2, 0.25) is 0 Å². The maximum atomic E-state index is 10.9. The fraction of sp³-hybridized carbons (Fsp3) is 0.455. The summed E-state index contributed by atoms with van der Waals surface area (Å²) in [6, 6.07) is 0. The molecule has 0 aromatic heterocycles. The van der Waals surface area contributed by atoms with E-state index in [9.17, 15) is 19.2 Å². The standard InChI is InChI=1S/C10H14O4.C7H12O2.C5H8O3/c1-4-8(9(11)12)6-5-7(2)10(13)14-3;1-3-5-6-9-7(8)4-2;1-2-5(7)8-4-3-6/h6H,2,4-5H2,1,3H3,(H,11,12);4H,2-3,5-6H2,1H3;2,6H,1,3-4H2. The van der Waals surface area contributed by atoms with E-state index < -0.39 is 17.9 Å². The number of unbranched alkanes of at least 4 members (excludes halogenated alkanes) is 1. The van der Waals surface area contributed by atoms with Crippen molar-refractivity contribution >= 4 is 23.9 Å². The van der Waals surface area contributed by atoms with Crippen LogP contribution in [0.2, 0.25) is 0 Å². The third kappa shape index (κ3) is 22.9. The van der Waals surface area contributed by atoms with E-state index in [0.717, 1.165) is 18.9 Å². The van der Waals surface area contributed by atoms with E-state index in [1.54, 1.807) is 6.92 Å². The van der Waals surface area contributed by atoms with Gasteiger partial charge in [-0.25, -0.2) is 19.2 Å². The predicted octanol–water partition coefficient (Wildman–Crippen LogP) is 2.75. The van der Waals surface area contributed by atoms with E-state index in [2.05, 4.69) is 33.9 Å². The van der Waals surface area contributed by atoms with Gasteiger partial charge in [0.15, 0.2) is 0 Å². The Morgan fingerprint density at radius 3 is 1.84 bits per heavy atom. The second kappa shape index (κ2) is 23.1. The van der Waals surface area contributed by atoms with Gasteiger partial charge >= 0.3 is 23.9 Å². The minimum atomic E-state index is -0.967. The molecule has 0 aliphatic rings. The molecule has 0 aromatic rings. The van der Waals surface area contributed by atoms with Gasteiger partial charge in [0.05, 0.1) is 20.3 Å². The number of aliphatic carboxylic acids is 1. The first-order chi connectivity index (χ1) is 14.6. The zero-order valence-corrected chi connectivity index (χ0v) is 18.6. The number of hydrogen-bond acceptors (Lipinski definition) is 8. The molecule has 0 amide bonds. The normalized spacial score (nSPS) is 9.48. The molecule has 0 spiro atoms. The lowest BCUT2D eigenvalue weighted by molar-refractivity contribution is -0.139. The van der Waals surface area contributed by atoms with Crippen LogP contribution in [0.1, 0.15) is 39.5 Å². The number of aliphatic hydroxyl groups is 1. The number of carbonyl (C=O) groups excluding carboxylic acids is 3. The van der Waals surface area contributed by atoms with Crippen molar-refractivity contribution in [1.29, 1.82) is 0 Å². The van der Waals surface area contributed by atoms with Crippen LogP contribution < -0.4 is 0 Å². The van der Waals surface area contributed by atoms with E-state index in [0.29, 0.717) is 13.0 Å². The summed E-state index contributed by atoms with van der Waals surface area (Å²) in [4.78, 5) is 41.9. The average Bonchev–Trinajstić information content (AvgIpc) is 2.77. The van der Waals surface area contributed by atoms with Gasteiger partial charge in [-0.15, -0.1) is 0 Å². The fourth-order valence-corrected chi connectivity index (χ4v) is 1.44. The van der Waals surface area contributed by atoms with Gasteiger partial charge in [-0.3, -0.25) is 0 Å². The molecular weight excluding hydrogens is 408 g/mol. The van der Waals surface area contributed by atoms with Crippen LogP contribution in [0, 0.1) is 0 Å². The highest BCUT2D eigenvalue weighted by Crippen LogP contribution is 2.07. The second-order valence-corrected chi connectivity index (χ2v) is 5.51. The SMILES string of the molecule is C=C(CC=C(CC)C(=O)O)C(=O)OC.C=CC(=O)OCCCC.C=CC(=O)OCCO. The van der Waals surface area contributed by atoms with Gasteiger partial charge in [0.25, 0.3) is 0 Å². The number of carbonyl (C=O) groups is 4. The molecular formula is C22H34O9. The van der Waals surface area contributed by atoms with E-state index in [1.807, 2.05) is 6.92 Å². The molecule has 0 atom stereocenters. The Labute approximate surface area is 183 Å². The number of methoxy groups -OCH3 is 1. The Morgan fingerprint density at radius 2 is 1.48 bits per heavy atom. The summed E-state index contributed by atoms with van der Waals surface area (Å²) in [6.45, 7) is 14.1. The zero-order valence-electron chi connectivity index (χ0n) is 18.6. The average molecular weight is 443 g/mol. The number of aliphatic hydroxyl groups excluding tert-OH is 1. The zero-order chi connectivity index (χ0) is 24.7. The first-order valence-corrected chi connectivity index (χ1v) is 9.52. The maximum Gasteiger partial charge on any atom is 0.333 e. The van der Waals surface area contributed by atoms with Crippen molar-refractivity contribution in [2.75, 3.05) is 26.9 Å². The Bertz CT molecular complexity index is 618. The van der Waals surface area contributed by atoms with Gasteiger partial charge in [0, 0.05) is 23.3 Å². The number of hydrogen-bond donors (Lipinski definition) is 2. The number of carboxylic acids is 1. The van der Waals surface area contributed by atoms with Gasteiger partial charge in [-0.2, -0.15) is 0 Å². The van der Waals surface area contributed by atoms with Crippen LogP contribution in [-0.2, 0) is 33.4 Å². The Morgan fingerprint density at radius 1 is 0.968 bits per heavy atom. The third-order valence-electron chi connectivity index (χ3n) is 3.14. The molecule has 0 unspecified atom stereocenters. The van der Waals surface area contributed by atoms with Gasteiger partial charge in [-0.1, -0.05) is 46.1 Å². The van der Waals surface area contributed by atoms with E-state index in [4.69, 9.17) is 10.2 Å². The molecule has 0 saturated heterocycles. The summed E-state index contributed by atoms with van der Waals surface area (Å²) < 4.78 is 13.4. The lowest BCUT2D eigenvalue weighted by Gasteiger charge is -2.00. The number of rotatable bonds is 12.